The lowest BCUT2D eigenvalue weighted by molar-refractivity contribution is -0.138. The van der Waals surface area contributed by atoms with E-state index in [0.717, 1.165) is 58.2 Å². The van der Waals surface area contributed by atoms with E-state index >= 15 is 0 Å². The Morgan fingerprint density at radius 2 is 1.47 bits per heavy atom. The zero-order valence-corrected chi connectivity index (χ0v) is 27.9. The van der Waals surface area contributed by atoms with Crippen LogP contribution in [0.15, 0.2) is 48.5 Å². The summed E-state index contributed by atoms with van der Waals surface area (Å²) >= 11 is 0. The first-order valence-electron chi connectivity index (χ1n) is 16.5. The Hall–Kier alpha value is -4.63. The number of ether oxygens (including phenoxy) is 4. The Bertz CT molecular complexity index is 1660. The quantitative estimate of drug-likeness (QED) is 0.0845. The highest BCUT2D eigenvalue weighted by Crippen LogP contribution is 2.30. The molecule has 14 heteroatoms. The molecule has 4 aromatic rings. The molecule has 0 aliphatic carbocycles. The highest BCUT2D eigenvalue weighted by Gasteiger charge is 2.17. The van der Waals surface area contributed by atoms with Gasteiger partial charge in [0.25, 0.3) is 0 Å². The Morgan fingerprint density at radius 1 is 0.816 bits per heavy atom. The lowest BCUT2D eigenvalue weighted by Crippen LogP contribution is -2.33. The van der Waals surface area contributed by atoms with Gasteiger partial charge in [0, 0.05) is 31.4 Å². The van der Waals surface area contributed by atoms with E-state index in [1.165, 1.54) is 0 Å². The zero-order valence-electron chi connectivity index (χ0n) is 27.9. The third kappa shape index (κ3) is 12.1. The van der Waals surface area contributed by atoms with Crippen molar-refractivity contribution in [3.05, 3.63) is 65.5 Å². The number of unbranched alkanes of at least 4 members (excludes halogenated alkanes) is 1. The van der Waals surface area contributed by atoms with Gasteiger partial charge in [0.1, 0.15) is 24.6 Å². The number of pyridine rings is 1. The van der Waals surface area contributed by atoms with Gasteiger partial charge in [-0.25, -0.2) is 9.97 Å². The van der Waals surface area contributed by atoms with Gasteiger partial charge in [-0.1, -0.05) is 55.8 Å². The molecule has 2 aromatic carbocycles. The molecule has 0 saturated carbocycles. The molecule has 0 fully saturated rings. The maximum absolute atomic E-state index is 12.3. The van der Waals surface area contributed by atoms with Crippen molar-refractivity contribution in [2.75, 3.05) is 65.1 Å². The van der Waals surface area contributed by atoms with Crippen molar-refractivity contribution in [3.63, 3.8) is 0 Å². The molecular formula is C35H46N6O8. The molecule has 0 saturated heterocycles. The highest BCUT2D eigenvalue weighted by molar-refractivity contribution is 6.06. The summed E-state index contributed by atoms with van der Waals surface area (Å²) in [6, 6.07) is 16.0. The fourth-order valence-corrected chi connectivity index (χ4v) is 5.05. The molecule has 0 atom stereocenters. The molecule has 14 nitrogen and oxygen atoms in total. The number of carbonyl (C=O) groups is 3. The molecule has 0 aliphatic heterocycles. The maximum atomic E-state index is 12.3. The van der Waals surface area contributed by atoms with Gasteiger partial charge in [0.15, 0.2) is 5.82 Å². The number of anilines is 1. The second-order valence-electron chi connectivity index (χ2n) is 11.3. The van der Waals surface area contributed by atoms with E-state index in [1.807, 2.05) is 42.5 Å². The topological polar surface area (TPSA) is 189 Å². The highest BCUT2D eigenvalue weighted by atomic mass is 16.5. The first-order chi connectivity index (χ1) is 23.9. The number of nitrogen functional groups attached to an aromatic ring is 1. The fraction of sp³-hybridized carbons (Fsp3) is 0.457. The predicted molar refractivity (Wildman–Crippen MR) is 184 cm³/mol. The Labute approximate surface area is 285 Å². The minimum Gasteiger partial charge on any atom is -0.481 e. The van der Waals surface area contributed by atoms with Crippen molar-refractivity contribution in [1.29, 1.82) is 0 Å². The molecule has 0 radical (unpaired) electrons. The van der Waals surface area contributed by atoms with Gasteiger partial charge in [0.2, 0.25) is 11.8 Å². The number of imidazole rings is 1. The van der Waals surface area contributed by atoms with Crippen LogP contribution in [0.3, 0.4) is 0 Å². The van der Waals surface area contributed by atoms with Crippen LogP contribution in [0, 0.1) is 0 Å². The van der Waals surface area contributed by atoms with E-state index in [0.29, 0.717) is 58.5 Å². The van der Waals surface area contributed by atoms with Gasteiger partial charge in [-0.05, 0) is 23.6 Å². The van der Waals surface area contributed by atoms with Crippen molar-refractivity contribution >= 4 is 45.5 Å². The number of hydrogen-bond acceptors (Lipinski definition) is 10. The third-order valence-corrected chi connectivity index (χ3v) is 7.54. The number of para-hydroxylation sites is 1. The number of rotatable bonds is 23. The molecule has 2 amide bonds. The Kier molecular flexibility index (Phi) is 15.2. The molecule has 2 heterocycles. The molecule has 4 rings (SSSR count). The summed E-state index contributed by atoms with van der Waals surface area (Å²) in [5.74, 6) is -0.160. The molecule has 264 valence electrons. The average molecular weight is 679 g/mol. The third-order valence-electron chi connectivity index (χ3n) is 7.54. The Morgan fingerprint density at radius 3 is 2.18 bits per heavy atom. The number of carbonyl (C=O) groups excluding carboxylic acids is 2. The van der Waals surface area contributed by atoms with E-state index < -0.39 is 5.97 Å². The van der Waals surface area contributed by atoms with Gasteiger partial charge in [-0.3, -0.25) is 14.4 Å². The smallest absolute Gasteiger partial charge is 0.305 e. The number of aliphatic carboxylic acids is 1. The number of amides is 2. The summed E-state index contributed by atoms with van der Waals surface area (Å²) in [5.41, 5.74) is 10.9. The first-order valence-corrected chi connectivity index (χ1v) is 16.5. The summed E-state index contributed by atoms with van der Waals surface area (Å²) in [6.07, 6.45) is 2.88. The first kappa shape index (κ1) is 37.2. The standard InChI is InChI=1S/C35H46N6O8/c1-2-3-8-29-40-33-34(27-6-4-5-7-28(27)39-35(33)36)41(29)22-26-11-9-25(10-12-26)21-38-31(43)24-49-23-30(42)37-14-16-47-18-20-48-19-17-46-15-13-32(44)45/h4-7,9-12H,2-3,8,13-24H2,1H3,(H2,36,39)(H,37,42)(H,38,43)(H,44,45). The van der Waals surface area contributed by atoms with E-state index in [9.17, 15) is 14.4 Å². The van der Waals surface area contributed by atoms with Crippen LogP contribution in [0.4, 0.5) is 5.82 Å². The number of aromatic nitrogens is 3. The van der Waals surface area contributed by atoms with Crippen LogP contribution in [-0.2, 0) is 52.8 Å². The number of carboxylic acids is 1. The van der Waals surface area contributed by atoms with E-state index in [4.69, 9.17) is 34.8 Å². The minimum atomic E-state index is -0.903. The number of fused-ring (bicyclic) bond motifs is 3. The van der Waals surface area contributed by atoms with Crippen LogP contribution in [0.25, 0.3) is 21.9 Å². The van der Waals surface area contributed by atoms with Gasteiger partial charge in [-0.15, -0.1) is 0 Å². The normalized spacial score (nSPS) is 11.3. The summed E-state index contributed by atoms with van der Waals surface area (Å²) in [4.78, 5) is 44.1. The molecular weight excluding hydrogens is 632 g/mol. The lowest BCUT2D eigenvalue weighted by Gasteiger charge is -2.12. The number of nitrogens with two attached hydrogens (primary N) is 1. The molecule has 0 spiro atoms. The number of carboxylic acid groups (broad SMARTS) is 1. The van der Waals surface area contributed by atoms with Crippen LogP contribution in [-0.4, -0.2) is 96.8 Å². The van der Waals surface area contributed by atoms with Crippen molar-refractivity contribution in [2.45, 2.75) is 45.7 Å². The summed E-state index contributed by atoms with van der Waals surface area (Å²) < 4.78 is 23.3. The van der Waals surface area contributed by atoms with Crippen LogP contribution < -0.4 is 16.4 Å². The van der Waals surface area contributed by atoms with Gasteiger partial charge < -0.3 is 45.0 Å². The SMILES string of the molecule is CCCCc1nc2c(N)nc3ccccc3c2n1Cc1ccc(CNC(=O)COCC(=O)NCCOCCOCCOCCC(=O)O)cc1. The van der Waals surface area contributed by atoms with Crippen LogP contribution in [0.5, 0.6) is 0 Å². The van der Waals surface area contributed by atoms with Crippen LogP contribution in [0.1, 0.15) is 43.1 Å². The van der Waals surface area contributed by atoms with E-state index in [-0.39, 0.29) is 38.1 Å². The monoisotopic (exact) mass is 678 g/mol. The fourth-order valence-electron chi connectivity index (χ4n) is 5.05. The molecule has 2 aromatic heterocycles. The van der Waals surface area contributed by atoms with E-state index in [2.05, 4.69) is 33.2 Å². The second-order valence-corrected chi connectivity index (χ2v) is 11.3. The number of nitrogens with zero attached hydrogens (tertiary/aromatic N) is 3. The Balaban J connectivity index is 1.13. The summed E-state index contributed by atoms with van der Waals surface area (Å²) in [7, 11) is 0. The van der Waals surface area contributed by atoms with Crippen LogP contribution >= 0.6 is 0 Å². The van der Waals surface area contributed by atoms with Crippen molar-refractivity contribution in [2.24, 2.45) is 0 Å². The van der Waals surface area contributed by atoms with Crippen molar-refractivity contribution < 1.29 is 38.4 Å². The molecule has 0 bridgehead atoms. The number of aryl methyl sites for hydroxylation is 1. The second kappa shape index (κ2) is 20.0. The molecule has 5 N–H and O–H groups in total. The maximum Gasteiger partial charge on any atom is 0.305 e. The minimum absolute atomic E-state index is 0.0378. The summed E-state index contributed by atoms with van der Waals surface area (Å²) in [6.45, 7) is 4.73. The van der Waals surface area contributed by atoms with E-state index in [1.54, 1.807) is 0 Å². The number of nitrogens with one attached hydrogen (secondary N) is 2. The van der Waals surface area contributed by atoms with Gasteiger partial charge in [0.05, 0.1) is 57.1 Å². The van der Waals surface area contributed by atoms with Crippen molar-refractivity contribution in [1.82, 2.24) is 25.2 Å². The predicted octanol–water partition coefficient (Wildman–Crippen LogP) is 2.83. The molecule has 49 heavy (non-hydrogen) atoms. The number of benzene rings is 2. The van der Waals surface area contributed by atoms with Gasteiger partial charge >= 0.3 is 5.97 Å². The summed E-state index contributed by atoms with van der Waals surface area (Å²) in [5, 5.41) is 15.0. The average Bonchev–Trinajstić information content (AvgIpc) is 3.46. The lowest BCUT2D eigenvalue weighted by atomic mass is 10.1. The largest absolute Gasteiger partial charge is 0.481 e. The van der Waals surface area contributed by atoms with Crippen LogP contribution in [0.2, 0.25) is 0 Å². The van der Waals surface area contributed by atoms with Crippen molar-refractivity contribution in [3.8, 4) is 0 Å². The van der Waals surface area contributed by atoms with Gasteiger partial charge in [-0.2, -0.15) is 0 Å². The zero-order chi connectivity index (χ0) is 34.8. The molecule has 0 unspecified atom stereocenters. The number of hydrogen-bond donors (Lipinski definition) is 4. The molecule has 0 aliphatic rings.